The van der Waals surface area contributed by atoms with Crippen LogP contribution >= 0.6 is 0 Å². The van der Waals surface area contributed by atoms with Gasteiger partial charge in [-0.3, -0.25) is 0 Å². The van der Waals surface area contributed by atoms with Crippen molar-refractivity contribution >= 4 is 19.9 Å². The fourth-order valence-corrected chi connectivity index (χ4v) is 6.74. The molecule has 1 aliphatic heterocycles. The van der Waals surface area contributed by atoms with E-state index < -0.39 is 31.7 Å². The molecule has 0 radical (unpaired) electrons. The number of sulfone groups is 1. The van der Waals surface area contributed by atoms with Crippen LogP contribution in [0.1, 0.15) is 19.8 Å². The molecule has 1 heterocycles. The molecule has 0 bridgehead atoms. The van der Waals surface area contributed by atoms with E-state index in [4.69, 9.17) is 4.74 Å². The van der Waals surface area contributed by atoms with Crippen LogP contribution < -0.4 is 4.74 Å². The molecule has 28 heavy (non-hydrogen) atoms. The minimum atomic E-state index is -4.02. The van der Waals surface area contributed by atoms with E-state index in [0.29, 0.717) is 12.8 Å². The monoisotopic (exact) mass is 427 g/mol. The van der Waals surface area contributed by atoms with Crippen LogP contribution in [0.5, 0.6) is 5.75 Å². The number of ether oxygens (including phenoxy) is 1. The predicted octanol–water partition coefficient (Wildman–Crippen LogP) is 2.85. The summed E-state index contributed by atoms with van der Waals surface area (Å²) < 4.78 is 71.8. The zero-order valence-electron chi connectivity index (χ0n) is 15.4. The molecule has 0 saturated carbocycles. The van der Waals surface area contributed by atoms with Crippen LogP contribution in [0.2, 0.25) is 0 Å². The normalized spacial score (nSPS) is 18.3. The van der Waals surface area contributed by atoms with Gasteiger partial charge in [-0.1, -0.05) is 18.2 Å². The summed E-state index contributed by atoms with van der Waals surface area (Å²) in [5.74, 6) is -1.10. The minimum absolute atomic E-state index is 0.0222. The van der Waals surface area contributed by atoms with Gasteiger partial charge in [0, 0.05) is 12.6 Å². The van der Waals surface area contributed by atoms with Crippen molar-refractivity contribution < 1.29 is 26.0 Å². The van der Waals surface area contributed by atoms with Gasteiger partial charge in [-0.25, -0.2) is 21.2 Å². The Morgan fingerprint density at radius 2 is 1.79 bits per heavy atom. The SMILES string of the molecule is CCOc1ccc(S(=O)(=O)N2CCC[C@H]2CS(=O)(=O)c2ccccc2)cc1F. The number of sulfonamides is 1. The third kappa shape index (κ3) is 4.21. The number of hydrogen-bond acceptors (Lipinski definition) is 5. The number of rotatable bonds is 7. The lowest BCUT2D eigenvalue weighted by molar-refractivity contribution is 0.321. The second kappa shape index (κ2) is 8.18. The Kier molecular flexibility index (Phi) is 6.07. The van der Waals surface area contributed by atoms with Crippen molar-refractivity contribution in [3.05, 3.63) is 54.3 Å². The Balaban J connectivity index is 1.86. The van der Waals surface area contributed by atoms with Gasteiger partial charge < -0.3 is 4.74 Å². The molecular weight excluding hydrogens is 405 g/mol. The van der Waals surface area contributed by atoms with Gasteiger partial charge in [-0.15, -0.1) is 0 Å². The first kappa shape index (κ1) is 20.8. The molecule has 1 fully saturated rings. The molecule has 2 aromatic carbocycles. The Morgan fingerprint density at radius 3 is 2.43 bits per heavy atom. The van der Waals surface area contributed by atoms with Crippen molar-refractivity contribution in [2.24, 2.45) is 0 Å². The molecule has 0 N–H and O–H groups in total. The van der Waals surface area contributed by atoms with Crippen LogP contribution in [0, 0.1) is 5.82 Å². The van der Waals surface area contributed by atoms with Crippen LogP contribution in [0.15, 0.2) is 58.3 Å². The number of benzene rings is 2. The molecule has 0 unspecified atom stereocenters. The summed E-state index contributed by atoms with van der Waals surface area (Å²) in [5, 5.41) is 0. The van der Waals surface area contributed by atoms with Crippen molar-refractivity contribution in [1.29, 1.82) is 0 Å². The summed E-state index contributed by atoms with van der Waals surface area (Å²) >= 11 is 0. The lowest BCUT2D eigenvalue weighted by atomic mass is 10.3. The number of hydrogen-bond donors (Lipinski definition) is 0. The maximum atomic E-state index is 14.1. The van der Waals surface area contributed by atoms with Crippen molar-refractivity contribution in [3.8, 4) is 5.75 Å². The van der Waals surface area contributed by atoms with Gasteiger partial charge in [0.2, 0.25) is 10.0 Å². The molecule has 2 aromatic rings. The van der Waals surface area contributed by atoms with E-state index in [1.54, 1.807) is 25.1 Å². The van der Waals surface area contributed by atoms with Crippen LogP contribution in [0.4, 0.5) is 4.39 Å². The summed E-state index contributed by atoms with van der Waals surface area (Å²) in [6.45, 7) is 2.16. The fraction of sp³-hybridized carbons (Fsp3) is 0.368. The van der Waals surface area contributed by atoms with E-state index in [0.717, 1.165) is 6.07 Å². The third-order valence-electron chi connectivity index (χ3n) is 4.65. The van der Waals surface area contributed by atoms with E-state index >= 15 is 0 Å². The molecule has 1 atom stereocenters. The molecular formula is C19H22FNO5S2. The minimum Gasteiger partial charge on any atom is -0.491 e. The van der Waals surface area contributed by atoms with E-state index in [1.807, 2.05) is 0 Å². The Hall–Kier alpha value is -1.97. The second-order valence-corrected chi connectivity index (χ2v) is 10.5. The highest BCUT2D eigenvalue weighted by Gasteiger charge is 2.38. The molecule has 1 saturated heterocycles. The average molecular weight is 428 g/mol. The van der Waals surface area contributed by atoms with Crippen LogP contribution in [0.25, 0.3) is 0 Å². The van der Waals surface area contributed by atoms with Gasteiger partial charge in [-0.2, -0.15) is 4.31 Å². The Bertz CT molecular complexity index is 1040. The lowest BCUT2D eigenvalue weighted by Gasteiger charge is -2.24. The van der Waals surface area contributed by atoms with Gasteiger partial charge >= 0.3 is 0 Å². The fourth-order valence-electron chi connectivity index (χ4n) is 3.32. The summed E-state index contributed by atoms with van der Waals surface area (Å²) in [4.78, 5) is -0.0520. The van der Waals surface area contributed by atoms with E-state index in [-0.39, 0.29) is 34.4 Å². The first-order valence-corrected chi connectivity index (χ1v) is 12.1. The second-order valence-electron chi connectivity index (χ2n) is 6.53. The lowest BCUT2D eigenvalue weighted by Crippen LogP contribution is -2.39. The summed E-state index contributed by atoms with van der Waals surface area (Å²) in [7, 11) is -7.66. The molecule has 152 valence electrons. The van der Waals surface area contributed by atoms with Gasteiger partial charge in [0.1, 0.15) is 0 Å². The van der Waals surface area contributed by atoms with Gasteiger partial charge in [-0.05, 0) is 50.1 Å². The summed E-state index contributed by atoms with van der Waals surface area (Å²) in [5.41, 5.74) is 0. The first-order valence-electron chi connectivity index (χ1n) is 8.97. The molecule has 0 aromatic heterocycles. The molecule has 9 heteroatoms. The summed E-state index contributed by atoms with van der Waals surface area (Å²) in [6.07, 6.45) is 0.985. The zero-order valence-corrected chi connectivity index (χ0v) is 17.0. The smallest absolute Gasteiger partial charge is 0.243 e. The van der Waals surface area contributed by atoms with Gasteiger partial charge in [0.15, 0.2) is 21.4 Å². The van der Waals surface area contributed by atoms with Crippen molar-refractivity contribution in [3.63, 3.8) is 0 Å². The molecule has 0 aliphatic carbocycles. The highest BCUT2D eigenvalue weighted by Crippen LogP contribution is 2.30. The topological polar surface area (TPSA) is 80.8 Å². The van der Waals surface area contributed by atoms with E-state index in [9.17, 15) is 21.2 Å². The predicted molar refractivity (Wildman–Crippen MR) is 103 cm³/mol. The quantitative estimate of drug-likeness (QED) is 0.679. The standard InChI is InChI=1S/C19H22FNO5S2/c1-2-26-19-11-10-17(13-18(19)20)28(24,25)21-12-6-7-15(21)14-27(22,23)16-8-4-3-5-9-16/h3-5,8-11,13,15H,2,6-7,12,14H2,1H3/t15-/m0/s1. The molecule has 3 rings (SSSR count). The van der Waals surface area contributed by atoms with E-state index in [2.05, 4.69) is 0 Å². The van der Waals surface area contributed by atoms with Crippen molar-refractivity contribution in [1.82, 2.24) is 4.31 Å². The maximum Gasteiger partial charge on any atom is 0.243 e. The van der Waals surface area contributed by atoms with Crippen LogP contribution in [0.3, 0.4) is 0 Å². The highest BCUT2D eigenvalue weighted by atomic mass is 32.2. The third-order valence-corrected chi connectivity index (χ3v) is 8.41. The average Bonchev–Trinajstić information content (AvgIpc) is 3.12. The molecule has 6 nitrogen and oxygen atoms in total. The number of nitrogens with zero attached hydrogens (tertiary/aromatic N) is 1. The first-order chi connectivity index (χ1) is 13.3. The zero-order chi connectivity index (χ0) is 20.4. The summed E-state index contributed by atoms with van der Waals surface area (Å²) in [6, 6.07) is 10.7. The molecule has 0 amide bonds. The largest absolute Gasteiger partial charge is 0.491 e. The van der Waals surface area contributed by atoms with Gasteiger partial charge in [0.25, 0.3) is 0 Å². The Morgan fingerprint density at radius 1 is 1.07 bits per heavy atom. The van der Waals surface area contributed by atoms with Gasteiger partial charge in [0.05, 0.1) is 22.2 Å². The molecule has 0 spiro atoms. The molecule has 1 aliphatic rings. The van der Waals surface area contributed by atoms with Crippen molar-refractivity contribution in [2.75, 3.05) is 18.9 Å². The van der Waals surface area contributed by atoms with Crippen LogP contribution in [-0.2, 0) is 19.9 Å². The van der Waals surface area contributed by atoms with Crippen molar-refractivity contribution in [2.45, 2.75) is 35.6 Å². The Labute approximate surface area is 164 Å². The van der Waals surface area contributed by atoms with E-state index in [1.165, 1.54) is 28.6 Å². The number of halogens is 1. The maximum absolute atomic E-state index is 14.1. The van der Waals surface area contributed by atoms with Crippen LogP contribution in [-0.4, -0.2) is 46.1 Å². The highest BCUT2D eigenvalue weighted by molar-refractivity contribution is 7.91.